The molecule has 2 rings (SSSR count). The molecule has 0 aliphatic carbocycles. The number of fused-ring (bicyclic) bond motifs is 1. The van der Waals surface area contributed by atoms with E-state index in [4.69, 9.17) is 4.74 Å². The Morgan fingerprint density at radius 3 is 2.73 bits per heavy atom. The van der Waals surface area contributed by atoms with Gasteiger partial charge in [-0.2, -0.15) is 0 Å². The van der Waals surface area contributed by atoms with Crippen molar-refractivity contribution in [3.8, 4) is 5.75 Å². The van der Waals surface area contributed by atoms with Gasteiger partial charge in [0.2, 0.25) is 0 Å². The van der Waals surface area contributed by atoms with Crippen LogP contribution in [0.4, 0.5) is 0 Å². The summed E-state index contributed by atoms with van der Waals surface area (Å²) in [6, 6.07) is 12.3. The van der Waals surface area contributed by atoms with Gasteiger partial charge in [-0.15, -0.1) is 0 Å². The average molecular weight is 263 g/mol. The van der Waals surface area contributed by atoms with E-state index in [1.807, 2.05) is 18.2 Å². The fourth-order valence-corrected chi connectivity index (χ4v) is 1.82. The lowest BCUT2D eigenvalue weighted by atomic mass is 10.1. The van der Waals surface area contributed by atoms with Gasteiger partial charge in [-0.05, 0) is 35.0 Å². The predicted octanol–water partition coefficient (Wildman–Crippen LogP) is 4.17. The third-order valence-electron chi connectivity index (χ3n) is 2.14. The van der Waals surface area contributed by atoms with E-state index in [0.717, 1.165) is 10.2 Å². The van der Waals surface area contributed by atoms with E-state index >= 15 is 0 Å². The van der Waals surface area contributed by atoms with Crippen LogP contribution in [0.25, 0.3) is 10.8 Å². The standard InChI is InChI=1S/C13H11BrO/c1-2-7-15-13-6-4-10-3-5-12(14)8-11(10)9-13/h2-6,8-9H,1,7H2. The average Bonchev–Trinajstić information content (AvgIpc) is 2.25. The van der Waals surface area contributed by atoms with E-state index < -0.39 is 0 Å². The number of halogens is 1. The molecule has 0 saturated heterocycles. The maximum absolute atomic E-state index is 5.47. The van der Waals surface area contributed by atoms with Crippen molar-refractivity contribution in [3.05, 3.63) is 53.5 Å². The molecule has 0 unspecified atom stereocenters. The number of rotatable bonds is 3. The summed E-state index contributed by atoms with van der Waals surface area (Å²) in [5.74, 6) is 0.875. The predicted molar refractivity (Wildman–Crippen MR) is 67.3 cm³/mol. The summed E-state index contributed by atoms with van der Waals surface area (Å²) in [4.78, 5) is 0. The third-order valence-corrected chi connectivity index (χ3v) is 2.63. The lowest BCUT2D eigenvalue weighted by Gasteiger charge is -2.05. The number of ether oxygens (including phenoxy) is 1. The normalized spacial score (nSPS) is 10.2. The first-order chi connectivity index (χ1) is 7.29. The summed E-state index contributed by atoms with van der Waals surface area (Å²) in [7, 11) is 0. The molecule has 0 heterocycles. The molecule has 1 nitrogen and oxygen atoms in total. The molecule has 0 atom stereocenters. The smallest absolute Gasteiger partial charge is 0.120 e. The molecular weight excluding hydrogens is 252 g/mol. The van der Waals surface area contributed by atoms with E-state index in [0.29, 0.717) is 6.61 Å². The first-order valence-corrected chi connectivity index (χ1v) is 5.52. The van der Waals surface area contributed by atoms with Crippen LogP contribution in [0.15, 0.2) is 53.5 Å². The topological polar surface area (TPSA) is 9.23 Å². The molecular formula is C13H11BrO. The maximum atomic E-state index is 5.47. The second-order valence-corrected chi connectivity index (χ2v) is 4.17. The van der Waals surface area contributed by atoms with Crippen LogP contribution in [0.3, 0.4) is 0 Å². The molecule has 15 heavy (non-hydrogen) atoms. The minimum atomic E-state index is 0.541. The first kappa shape index (κ1) is 10.2. The van der Waals surface area contributed by atoms with E-state index in [1.54, 1.807) is 6.08 Å². The SMILES string of the molecule is C=CCOc1ccc2ccc(Br)cc2c1. The van der Waals surface area contributed by atoms with Crippen LogP contribution >= 0.6 is 15.9 Å². The highest BCUT2D eigenvalue weighted by Crippen LogP contribution is 2.24. The van der Waals surface area contributed by atoms with Crippen LogP contribution in [-0.2, 0) is 0 Å². The zero-order chi connectivity index (χ0) is 10.7. The van der Waals surface area contributed by atoms with Crippen molar-refractivity contribution in [3.63, 3.8) is 0 Å². The largest absolute Gasteiger partial charge is 0.490 e. The Kier molecular flexibility index (Phi) is 3.07. The summed E-state index contributed by atoms with van der Waals surface area (Å²) in [6.45, 7) is 4.16. The van der Waals surface area contributed by atoms with Gasteiger partial charge < -0.3 is 4.74 Å². The molecule has 76 valence electrons. The van der Waals surface area contributed by atoms with E-state index in [9.17, 15) is 0 Å². The molecule has 2 aromatic rings. The summed E-state index contributed by atoms with van der Waals surface area (Å²) in [6.07, 6.45) is 1.74. The molecule has 0 aromatic heterocycles. The second-order valence-electron chi connectivity index (χ2n) is 3.25. The lowest BCUT2D eigenvalue weighted by Crippen LogP contribution is -1.92. The Bertz CT molecular complexity index is 491. The van der Waals surface area contributed by atoms with Crippen molar-refractivity contribution in [2.75, 3.05) is 6.61 Å². The van der Waals surface area contributed by atoms with E-state index in [1.165, 1.54) is 10.8 Å². The van der Waals surface area contributed by atoms with Gasteiger partial charge in [0.1, 0.15) is 12.4 Å². The van der Waals surface area contributed by atoms with Crippen molar-refractivity contribution in [1.82, 2.24) is 0 Å². The number of hydrogen-bond donors (Lipinski definition) is 0. The monoisotopic (exact) mass is 262 g/mol. The fourth-order valence-electron chi connectivity index (χ4n) is 1.44. The van der Waals surface area contributed by atoms with Crippen LogP contribution in [-0.4, -0.2) is 6.61 Å². The summed E-state index contributed by atoms with van der Waals surface area (Å²) >= 11 is 3.45. The van der Waals surface area contributed by atoms with Gasteiger partial charge in [-0.3, -0.25) is 0 Å². The first-order valence-electron chi connectivity index (χ1n) is 4.72. The van der Waals surface area contributed by atoms with Gasteiger partial charge in [-0.25, -0.2) is 0 Å². The molecule has 0 amide bonds. The van der Waals surface area contributed by atoms with Crippen LogP contribution in [0, 0.1) is 0 Å². The molecule has 2 heteroatoms. The van der Waals surface area contributed by atoms with Crippen molar-refractivity contribution in [1.29, 1.82) is 0 Å². The second kappa shape index (κ2) is 4.49. The highest BCUT2D eigenvalue weighted by atomic mass is 79.9. The Morgan fingerprint density at radius 2 is 1.93 bits per heavy atom. The van der Waals surface area contributed by atoms with Crippen LogP contribution < -0.4 is 4.74 Å². The molecule has 0 aliphatic heterocycles. The Morgan fingerprint density at radius 1 is 1.13 bits per heavy atom. The lowest BCUT2D eigenvalue weighted by molar-refractivity contribution is 0.364. The van der Waals surface area contributed by atoms with Crippen molar-refractivity contribution in [2.45, 2.75) is 0 Å². The van der Waals surface area contributed by atoms with Gasteiger partial charge >= 0.3 is 0 Å². The Balaban J connectivity index is 2.40. The van der Waals surface area contributed by atoms with Gasteiger partial charge in [0.25, 0.3) is 0 Å². The maximum Gasteiger partial charge on any atom is 0.120 e. The highest BCUT2D eigenvalue weighted by Gasteiger charge is 1.97. The highest BCUT2D eigenvalue weighted by molar-refractivity contribution is 9.10. The van der Waals surface area contributed by atoms with Crippen LogP contribution in [0.1, 0.15) is 0 Å². The zero-order valence-electron chi connectivity index (χ0n) is 8.24. The molecule has 0 N–H and O–H groups in total. The molecule has 2 aromatic carbocycles. The third kappa shape index (κ3) is 2.39. The molecule has 0 fully saturated rings. The zero-order valence-corrected chi connectivity index (χ0v) is 9.83. The van der Waals surface area contributed by atoms with Crippen LogP contribution in [0.5, 0.6) is 5.75 Å². The van der Waals surface area contributed by atoms with Crippen LogP contribution in [0.2, 0.25) is 0 Å². The Hall–Kier alpha value is -1.28. The minimum Gasteiger partial charge on any atom is -0.490 e. The summed E-state index contributed by atoms with van der Waals surface area (Å²) in [5.41, 5.74) is 0. The van der Waals surface area contributed by atoms with Gasteiger partial charge in [0.15, 0.2) is 0 Å². The van der Waals surface area contributed by atoms with Gasteiger partial charge in [0, 0.05) is 4.47 Å². The molecule has 0 bridgehead atoms. The van der Waals surface area contributed by atoms with Crippen molar-refractivity contribution < 1.29 is 4.74 Å². The number of hydrogen-bond acceptors (Lipinski definition) is 1. The minimum absolute atomic E-state index is 0.541. The molecule has 0 saturated carbocycles. The summed E-state index contributed by atoms with van der Waals surface area (Å²) in [5, 5.41) is 2.38. The van der Waals surface area contributed by atoms with Gasteiger partial charge in [0.05, 0.1) is 0 Å². The van der Waals surface area contributed by atoms with E-state index in [2.05, 4.69) is 40.7 Å². The fraction of sp³-hybridized carbons (Fsp3) is 0.0769. The van der Waals surface area contributed by atoms with Crippen molar-refractivity contribution in [2.24, 2.45) is 0 Å². The quantitative estimate of drug-likeness (QED) is 0.755. The van der Waals surface area contributed by atoms with Crippen molar-refractivity contribution >= 4 is 26.7 Å². The van der Waals surface area contributed by atoms with E-state index in [-0.39, 0.29) is 0 Å². The molecule has 0 spiro atoms. The van der Waals surface area contributed by atoms with Gasteiger partial charge in [-0.1, -0.05) is 40.7 Å². The molecule has 0 aliphatic rings. The Labute approximate surface area is 97.5 Å². The molecule has 0 radical (unpaired) electrons. The number of benzene rings is 2. The summed E-state index contributed by atoms with van der Waals surface area (Å²) < 4.78 is 6.55.